The van der Waals surface area contributed by atoms with E-state index in [1.54, 1.807) is 0 Å². The fraction of sp³-hybridized carbons (Fsp3) is 0.364. The van der Waals surface area contributed by atoms with Gasteiger partial charge in [0.25, 0.3) is 0 Å². The predicted octanol–water partition coefficient (Wildman–Crippen LogP) is 3.55. The maximum atomic E-state index is 12.3. The summed E-state index contributed by atoms with van der Waals surface area (Å²) in [6.07, 6.45) is 4.26. The molecular formula is C22H24N2O2. The van der Waals surface area contributed by atoms with Crippen LogP contribution in [0.2, 0.25) is 0 Å². The van der Waals surface area contributed by atoms with Crippen molar-refractivity contribution in [3.63, 3.8) is 0 Å². The Morgan fingerprint density at radius 1 is 1.08 bits per heavy atom. The van der Waals surface area contributed by atoms with Gasteiger partial charge >= 0.3 is 0 Å². The number of amides is 2. The van der Waals surface area contributed by atoms with E-state index in [2.05, 4.69) is 29.6 Å². The van der Waals surface area contributed by atoms with Gasteiger partial charge in [0.1, 0.15) is 0 Å². The normalized spacial score (nSPS) is 18.8. The second-order valence-electron chi connectivity index (χ2n) is 7.23. The summed E-state index contributed by atoms with van der Waals surface area (Å²) in [5.74, 6) is 0.642. The van der Waals surface area contributed by atoms with E-state index in [1.807, 2.05) is 29.2 Å². The molecule has 4 heteroatoms. The lowest BCUT2D eigenvalue weighted by Gasteiger charge is -2.16. The Labute approximate surface area is 154 Å². The number of hydrogen-bond acceptors (Lipinski definition) is 2. The number of carbonyl (C=O) groups is 2. The Kier molecular flexibility index (Phi) is 4.74. The lowest BCUT2D eigenvalue weighted by Crippen LogP contribution is -2.25. The van der Waals surface area contributed by atoms with Crippen LogP contribution in [0, 0.1) is 0 Å². The van der Waals surface area contributed by atoms with E-state index in [0.29, 0.717) is 25.3 Å². The third kappa shape index (κ3) is 3.50. The summed E-state index contributed by atoms with van der Waals surface area (Å²) in [5, 5.41) is 3.03. The number of carbonyl (C=O) groups excluding carboxylic acids is 2. The molecule has 2 aromatic rings. The van der Waals surface area contributed by atoms with Gasteiger partial charge in [-0.15, -0.1) is 0 Å². The maximum absolute atomic E-state index is 12.3. The molecule has 1 saturated heterocycles. The van der Waals surface area contributed by atoms with Gasteiger partial charge in [0.05, 0.1) is 0 Å². The highest BCUT2D eigenvalue weighted by Gasteiger charge is 2.24. The van der Waals surface area contributed by atoms with Crippen molar-refractivity contribution in [2.75, 3.05) is 11.4 Å². The number of aryl methyl sites for hydroxylation is 1. The lowest BCUT2D eigenvalue weighted by molar-refractivity contribution is -0.121. The minimum Gasteiger partial charge on any atom is -0.352 e. The molecule has 2 amide bonds. The standard InChI is InChI=1S/C22H24N2O2/c25-21(14-18-10-9-17-4-1-2-5-20(17)18)23-15-16-7-11-19(12-8-16)24-13-3-6-22(24)26/h1-2,4-5,7-8,11-12,18H,3,6,9-10,13-15H2,(H,23,25)/t18-/m1/s1. The molecule has 1 fully saturated rings. The van der Waals surface area contributed by atoms with Crippen LogP contribution in [0.15, 0.2) is 48.5 Å². The van der Waals surface area contributed by atoms with E-state index in [0.717, 1.165) is 37.1 Å². The quantitative estimate of drug-likeness (QED) is 0.898. The molecule has 1 atom stereocenters. The summed E-state index contributed by atoms with van der Waals surface area (Å²) in [6.45, 7) is 1.33. The summed E-state index contributed by atoms with van der Waals surface area (Å²) >= 11 is 0. The van der Waals surface area contributed by atoms with E-state index in [4.69, 9.17) is 0 Å². The smallest absolute Gasteiger partial charge is 0.227 e. The van der Waals surface area contributed by atoms with Crippen LogP contribution in [-0.4, -0.2) is 18.4 Å². The third-order valence-corrected chi connectivity index (χ3v) is 5.50. The highest BCUT2D eigenvalue weighted by molar-refractivity contribution is 5.95. The molecule has 0 unspecified atom stereocenters. The van der Waals surface area contributed by atoms with E-state index in [-0.39, 0.29) is 11.8 Å². The Morgan fingerprint density at radius 2 is 1.88 bits per heavy atom. The molecule has 1 aliphatic heterocycles. The van der Waals surface area contributed by atoms with Crippen molar-refractivity contribution in [2.24, 2.45) is 0 Å². The maximum Gasteiger partial charge on any atom is 0.227 e. The van der Waals surface area contributed by atoms with Crippen LogP contribution >= 0.6 is 0 Å². The van der Waals surface area contributed by atoms with Crippen molar-refractivity contribution in [1.82, 2.24) is 5.32 Å². The van der Waals surface area contributed by atoms with Gasteiger partial charge in [-0.25, -0.2) is 0 Å². The van der Waals surface area contributed by atoms with Gasteiger partial charge in [0.15, 0.2) is 0 Å². The van der Waals surface area contributed by atoms with Crippen molar-refractivity contribution in [3.8, 4) is 0 Å². The first-order valence-electron chi connectivity index (χ1n) is 9.44. The summed E-state index contributed by atoms with van der Waals surface area (Å²) in [5.41, 5.74) is 4.73. The van der Waals surface area contributed by atoms with Crippen LogP contribution in [-0.2, 0) is 22.6 Å². The molecule has 0 aromatic heterocycles. The second-order valence-corrected chi connectivity index (χ2v) is 7.23. The second kappa shape index (κ2) is 7.32. The van der Waals surface area contributed by atoms with Gasteiger partial charge in [0.2, 0.25) is 11.8 Å². The first kappa shape index (κ1) is 16.8. The van der Waals surface area contributed by atoms with Gasteiger partial charge in [-0.05, 0) is 54.0 Å². The number of fused-ring (bicyclic) bond motifs is 1. The number of rotatable bonds is 5. The van der Waals surface area contributed by atoms with Gasteiger partial charge in [-0.1, -0.05) is 36.4 Å². The van der Waals surface area contributed by atoms with Gasteiger partial charge in [-0.3, -0.25) is 9.59 Å². The first-order chi connectivity index (χ1) is 12.7. The molecule has 4 nitrogen and oxygen atoms in total. The molecule has 1 heterocycles. The van der Waals surface area contributed by atoms with Crippen molar-refractivity contribution >= 4 is 17.5 Å². The first-order valence-corrected chi connectivity index (χ1v) is 9.44. The Balaban J connectivity index is 1.30. The van der Waals surface area contributed by atoms with Crippen LogP contribution < -0.4 is 10.2 Å². The van der Waals surface area contributed by atoms with Crippen molar-refractivity contribution < 1.29 is 9.59 Å². The Morgan fingerprint density at radius 3 is 2.65 bits per heavy atom. The molecule has 0 spiro atoms. The van der Waals surface area contributed by atoms with Crippen LogP contribution in [0.1, 0.15) is 48.3 Å². The SMILES string of the molecule is O=C(C[C@H]1CCc2ccccc21)NCc1ccc(N2CCCC2=O)cc1. The molecule has 0 saturated carbocycles. The van der Waals surface area contributed by atoms with E-state index in [9.17, 15) is 9.59 Å². The lowest BCUT2D eigenvalue weighted by atomic mass is 9.97. The van der Waals surface area contributed by atoms with Crippen LogP contribution in [0.25, 0.3) is 0 Å². The molecule has 0 bridgehead atoms. The number of nitrogens with zero attached hydrogens (tertiary/aromatic N) is 1. The van der Waals surface area contributed by atoms with Gasteiger partial charge in [-0.2, -0.15) is 0 Å². The summed E-state index contributed by atoms with van der Waals surface area (Å²) in [7, 11) is 0. The van der Waals surface area contributed by atoms with Gasteiger partial charge in [0, 0.05) is 31.6 Å². The van der Waals surface area contributed by atoms with Crippen LogP contribution in [0.3, 0.4) is 0 Å². The van der Waals surface area contributed by atoms with E-state index in [1.165, 1.54) is 11.1 Å². The average Bonchev–Trinajstić information content (AvgIpc) is 3.27. The van der Waals surface area contributed by atoms with Crippen molar-refractivity contribution in [3.05, 3.63) is 65.2 Å². The largest absolute Gasteiger partial charge is 0.352 e. The summed E-state index contributed by atoms with van der Waals surface area (Å²) in [6, 6.07) is 16.4. The molecule has 0 radical (unpaired) electrons. The molecule has 1 N–H and O–H groups in total. The topological polar surface area (TPSA) is 49.4 Å². The van der Waals surface area contributed by atoms with Crippen LogP contribution in [0.5, 0.6) is 0 Å². The molecule has 2 aromatic carbocycles. The monoisotopic (exact) mass is 348 g/mol. The zero-order chi connectivity index (χ0) is 17.9. The zero-order valence-corrected chi connectivity index (χ0v) is 14.9. The van der Waals surface area contributed by atoms with E-state index >= 15 is 0 Å². The third-order valence-electron chi connectivity index (χ3n) is 5.50. The number of nitrogens with one attached hydrogen (secondary N) is 1. The van der Waals surface area contributed by atoms with E-state index < -0.39 is 0 Å². The zero-order valence-electron chi connectivity index (χ0n) is 14.9. The predicted molar refractivity (Wildman–Crippen MR) is 102 cm³/mol. The summed E-state index contributed by atoms with van der Waals surface area (Å²) in [4.78, 5) is 26.0. The van der Waals surface area contributed by atoms with Crippen molar-refractivity contribution in [1.29, 1.82) is 0 Å². The molecule has 1 aliphatic carbocycles. The fourth-order valence-corrected chi connectivity index (χ4v) is 4.07. The molecule has 26 heavy (non-hydrogen) atoms. The number of benzene rings is 2. The van der Waals surface area contributed by atoms with Crippen LogP contribution in [0.4, 0.5) is 5.69 Å². The highest BCUT2D eigenvalue weighted by atomic mass is 16.2. The highest BCUT2D eigenvalue weighted by Crippen LogP contribution is 2.35. The molecular weight excluding hydrogens is 324 g/mol. The summed E-state index contributed by atoms with van der Waals surface area (Å²) < 4.78 is 0. The number of hydrogen-bond donors (Lipinski definition) is 1. The Hall–Kier alpha value is -2.62. The Bertz CT molecular complexity index is 813. The molecule has 4 rings (SSSR count). The minimum absolute atomic E-state index is 0.102. The van der Waals surface area contributed by atoms with Gasteiger partial charge < -0.3 is 10.2 Å². The minimum atomic E-state index is 0.102. The molecule has 2 aliphatic rings. The fourth-order valence-electron chi connectivity index (χ4n) is 4.07. The average molecular weight is 348 g/mol. The van der Waals surface area contributed by atoms with Crippen molar-refractivity contribution in [2.45, 2.75) is 44.6 Å². The number of anilines is 1. The molecule has 134 valence electrons.